The second kappa shape index (κ2) is 14.0. The standard InChI is InChI=1S/C26H44F2.C5H12/c1-19-8-6-9-22(18-19)13-14-23-10-7-17-26(4,5)24(23)15-11-20(2)21(3)12-16-25(27)28;1-5(2,3)4/h13-14,19-21,24-25H,6-12,15-18H2,1-5H3;1-4H3/b22-13-,23-14+;. The Morgan fingerprint density at radius 1 is 0.939 bits per heavy atom. The summed E-state index contributed by atoms with van der Waals surface area (Å²) in [4.78, 5) is 0. The molecule has 0 spiro atoms. The van der Waals surface area contributed by atoms with Gasteiger partial charge in [0, 0.05) is 6.42 Å². The molecule has 0 aromatic heterocycles. The molecule has 4 atom stereocenters. The zero-order chi connectivity index (χ0) is 25.2. The molecule has 33 heavy (non-hydrogen) atoms. The van der Waals surface area contributed by atoms with Gasteiger partial charge in [-0.2, -0.15) is 0 Å². The van der Waals surface area contributed by atoms with Gasteiger partial charge in [0.25, 0.3) is 0 Å². The minimum absolute atomic E-state index is 0.0532. The van der Waals surface area contributed by atoms with Gasteiger partial charge in [-0.05, 0) is 92.3 Å². The molecule has 4 unspecified atom stereocenters. The van der Waals surface area contributed by atoms with E-state index in [0.717, 1.165) is 12.3 Å². The number of alkyl halides is 2. The van der Waals surface area contributed by atoms with E-state index in [2.05, 4.69) is 74.5 Å². The Hall–Kier alpha value is -0.660. The van der Waals surface area contributed by atoms with Crippen LogP contribution in [0.3, 0.4) is 0 Å². The largest absolute Gasteiger partial charge is 0.238 e. The van der Waals surface area contributed by atoms with Gasteiger partial charge in [-0.15, -0.1) is 0 Å². The molecule has 0 amide bonds. The van der Waals surface area contributed by atoms with E-state index in [0.29, 0.717) is 35.0 Å². The van der Waals surface area contributed by atoms with Crippen LogP contribution < -0.4 is 0 Å². The van der Waals surface area contributed by atoms with Crippen LogP contribution in [0.2, 0.25) is 0 Å². The first-order valence-electron chi connectivity index (χ1n) is 13.9. The third-order valence-corrected chi connectivity index (χ3v) is 7.74. The summed E-state index contributed by atoms with van der Waals surface area (Å²) in [7, 11) is 0. The van der Waals surface area contributed by atoms with Gasteiger partial charge in [-0.3, -0.25) is 0 Å². The van der Waals surface area contributed by atoms with E-state index in [-0.39, 0.29) is 6.42 Å². The van der Waals surface area contributed by atoms with Crippen LogP contribution in [-0.2, 0) is 0 Å². The van der Waals surface area contributed by atoms with Crippen molar-refractivity contribution in [2.24, 2.45) is 34.5 Å². The maximum Gasteiger partial charge on any atom is 0.238 e. The van der Waals surface area contributed by atoms with Crippen molar-refractivity contribution in [1.29, 1.82) is 0 Å². The van der Waals surface area contributed by atoms with Crippen LogP contribution in [0.1, 0.15) is 133 Å². The number of halogens is 2. The van der Waals surface area contributed by atoms with Crippen molar-refractivity contribution in [3.05, 3.63) is 23.3 Å². The molecule has 2 fully saturated rings. The number of hydrogen-bond donors (Lipinski definition) is 0. The van der Waals surface area contributed by atoms with E-state index in [1.165, 1.54) is 51.4 Å². The summed E-state index contributed by atoms with van der Waals surface area (Å²) in [5.41, 5.74) is 4.14. The topological polar surface area (TPSA) is 0 Å². The molecule has 0 bridgehead atoms. The fourth-order valence-corrected chi connectivity index (χ4v) is 5.47. The predicted octanol–water partition coefficient (Wildman–Crippen LogP) is 11.0. The first-order valence-corrected chi connectivity index (χ1v) is 13.9. The van der Waals surface area contributed by atoms with Crippen LogP contribution in [0.25, 0.3) is 0 Å². The Balaban J connectivity index is 0.000000981. The van der Waals surface area contributed by atoms with Crippen LogP contribution in [-0.4, -0.2) is 6.43 Å². The zero-order valence-corrected chi connectivity index (χ0v) is 23.6. The maximum absolute atomic E-state index is 12.5. The van der Waals surface area contributed by atoms with Crippen molar-refractivity contribution >= 4 is 0 Å². The minimum atomic E-state index is -2.16. The van der Waals surface area contributed by atoms with Gasteiger partial charge in [0.2, 0.25) is 6.43 Å². The Kier molecular flexibility index (Phi) is 12.9. The summed E-state index contributed by atoms with van der Waals surface area (Å²) < 4.78 is 25.1. The summed E-state index contributed by atoms with van der Waals surface area (Å²) >= 11 is 0. The fourth-order valence-electron chi connectivity index (χ4n) is 5.47. The lowest BCUT2D eigenvalue weighted by molar-refractivity contribution is 0.120. The van der Waals surface area contributed by atoms with Gasteiger partial charge in [0.05, 0.1) is 0 Å². The van der Waals surface area contributed by atoms with E-state index in [9.17, 15) is 8.78 Å². The third-order valence-electron chi connectivity index (χ3n) is 7.74. The quantitative estimate of drug-likeness (QED) is 0.333. The van der Waals surface area contributed by atoms with Crippen LogP contribution in [0, 0.1) is 34.5 Å². The van der Waals surface area contributed by atoms with Gasteiger partial charge in [-0.1, -0.05) is 92.0 Å². The molecule has 194 valence electrons. The van der Waals surface area contributed by atoms with Crippen molar-refractivity contribution < 1.29 is 8.78 Å². The van der Waals surface area contributed by atoms with E-state index in [1.54, 1.807) is 11.1 Å². The van der Waals surface area contributed by atoms with Crippen molar-refractivity contribution in [2.45, 2.75) is 139 Å². The van der Waals surface area contributed by atoms with Gasteiger partial charge in [-0.25, -0.2) is 8.78 Å². The Morgan fingerprint density at radius 2 is 1.55 bits per heavy atom. The summed E-state index contributed by atoms with van der Waals surface area (Å²) in [6.07, 6.45) is 15.0. The van der Waals surface area contributed by atoms with Crippen LogP contribution in [0.5, 0.6) is 0 Å². The van der Waals surface area contributed by atoms with Crippen molar-refractivity contribution in [2.75, 3.05) is 0 Å². The van der Waals surface area contributed by atoms with E-state index in [1.807, 2.05) is 0 Å². The summed E-state index contributed by atoms with van der Waals surface area (Å²) in [5.74, 6) is 2.39. The van der Waals surface area contributed by atoms with Gasteiger partial charge in [0.1, 0.15) is 0 Å². The highest BCUT2D eigenvalue weighted by Crippen LogP contribution is 2.47. The second-order valence-corrected chi connectivity index (χ2v) is 13.7. The smallest absolute Gasteiger partial charge is 0.211 e. The minimum Gasteiger partial charge on any atom is -0.211 e. The lowest BCUT2D eigenvalue weighted by Gasteiger charge is -2.41. The van der Waals surface area contributed by atoms with Gasteiger partial charge >= 0.3 is 0 Å². The first-order chi connectivity index (χ1) is 15.2. The SMILES string of the molecule is CC(C)(C)C.CC1CCC/C(=C/C=C2\CCCC(C)(C)C2CCC(C)C(C)CCC(F)F)C1. The van der Waals surface area contributed by atoms with Crippen LogP contribution in [0.15, 0.2) is 23.3 Å². The molecule has 0 N–H and O–H groups in total. The highest BCUT2D eigenvalue weighted by Gasteiger charge is 2.35. The van der Waals surface area contributed by atoms with E-state index >= 15 is 0 Å². The highest BCUT2D eigenvalue weighted by atomic mass is 19.3. The molecule has 0 aromatic rings. The van der Waals surface area contributed by atoms with Crippen molar-refractivity contribution in [3.63, 3.8) is 0 Å². The molecule has 2 heteroatoms. The summed E-state index contributed by atoms with van der Waals surface area (Å²) in [5, 5.41) is 0. The van der Waals surface area contributed by atoms with Crippen molar-refractivity contribution in [1.82, 2.24) is 0 Å². The predicted molar refractivity (Wildman–Crippen MR) is 143 cm³/mol. The average Bonchev–Trinajstić information content (AvgIpc) is 2.67. The van der Waals surface area contributed by atoms with Crippen LogP contribution in [0.4, 0.5) is 8.78 Å². The average molecular weight is 467 g/mol. The molecule has 0 heterocycles. The monoisotopic (exact) mass is 466 g/mol. The van der Waals surface area contributed by atoms with E-state index in [4.69, 9.17) is 0 Å². The molecule has 2 aliphatic carbocycles. The summed E-state index contributed by atoms with van der Waals surface area (Å²) in [6, 6.07) is 0. The lowest BCUT2D eigenvalue weighted by atomic mass is 9.64. The summed E-state index contributed by atoms with van der Waals surface area (Å²) in [6.45, 7) is 20.4. The molecule has 0 radical (unpaired) electrons. The number of allylic oxidation sites excluding steroid dienone is 4. The second-order valence-electron chi connectivity index (χ2n) is 13.7. The Labute approximate surface area is 206 Å². The molecule has 2 aliphatic rings. The molecular weight excluding hydrogens is 410 g/mol. The van der Waals surface area contributed by atoms with E-state index < -0.39 is 6.43 Å². The maximum atomic E-state index is 12.5. The molecule has 0 nitrogen and oxygen atoms in total. The molecular formula is C31H56F2. The lowest BCUT2D eigenvalue weighted by Crippen LogP contribution is -2.30. The number of rotatable bonds is 8. The molecule has 0 saturated heterocycles. The Morgan fingerprint density at radius 3 is 2.12 bits per heavy atom. The highest BCUT2D eigenvalue weighted by molar-refractivity contribution is 5.23. The molecule has 0 aromatic carbocycles. The molecule has 0 aliphatic heterocycles. The normalized spacial score (nSPS) is 27.9. The third kappa shape index (κ3) is 13.1. The van der Waals surface area contributed by atoms with Crippen molar-refractivity contribution in [3.8, 4) is 0 Å². The molecule has 2 rings (SSSR count). The fraction of sp³-hybridized carbons (Fsp3) is 0.871. The van der Waals surface area contributed by atoms with Crippen LogP contribution >= 0.6 is 0 Å². The number of hydrogen-bond acceptors (Lipinski definition) is 0. The molecule has 2 saturated carbocycles. The zero-order valence-electron chi connectivity index (χ0n) is 23.6. The van der Waals surface area contributed by atoms with Gasteiger partial charge < -0.3 is 0 Å². The first kappa shape index (κ1) is 30.4. The Bertz CT molecular complexity index is 599. The van der Waals surface area contributed by atoms with Gasteiger partial charge in [0.15, 0.2) is 0 Å².